The summed E-state index contributed by atoms with van der Waals surface area (Å²) in [5.41, 5.74) is 10.1. The van der Waals surface area contributed by atoms with Gasteiger partial charge in [-0.15, -0.1) is 0 Å². The first-order valence-electron chi connectivity index (χ1n) is 16.8. The highest BCUT2D eigenvalue weighted by molar-refractivity contribution is 6.25. The molecule has 3 heterocycles. The van der Waals surface area contributed by atoms with Crippen LogP contribution < -0.4 is 0 Å². The quantitative estimate of drug-likeness (QED) is 0.193. The molecule has 50 heavy (non-hydrogen) atoms. The Balaban J connectivity index is 1.27. The number of hydrogen-bond donors (Lipinski definition) is 0. The van der Waals surface area contributed by atoms with Crippen LogP contribution in [-0.4, -0.2) is 9.13 Å². The second-order valence-electron chi connectivity index (χ2n) is 13.1. The lowest BCUT2D eigenvalue weighted by molar-refractivity contribution is 0.628. The summed E-state index contributed by atoms with van der Waals surface area (Å²) in [5.74, 6) is -0.656. The molecular weight excluding hydrogens is 613 g/mol. The summed E-state index contributed by atoms with van der Waals surface area (Å²) in [7, 11) is 0. The lowest BCUT2D eigenvalue weighted by Gasteiger charge is -2.30. The molecule has 1 unspecified atom stereocenters. The first-order valence-corrected chi connectivity index (χ1v) is 16.8. The Morgan fingerprint density at radius 1 is 0.580 bits per heavy atom. The zero-order valence-electron chi connectivity index (χ0n) is 27.1. The van der Waals surface area contributed by atoms with Crippen molar-refractivity contribution in [3.05, 3.63) is 151 Å². The summed E-state index contributed by atoms with van der Waals surface area (Å²) in [6.07, 6.45) is 4.28. The lowest BCUT2D eigenvalue weighted by atomic mass is 9.78. The van der Waals surface area contributed by atoms with Gasteiger partial charge in [-0.1, -0.05) is 97.9 Å². The number of aromatic nitrogens is 2. The van der Waals surface area contributed by atoms with Crippen molar-refractivity contribution >= 4 is 76.8 Å². The fourth-order valence-electron chi connectivity index (χ4n) is 8.39. The van der Waals surface area contributed by atoms with E-state index < -0.39 is 5.92 Å². The van der Waals surface area contributed by atoms with E-state index in [1.165, 1.54) is 0 Å². The maximum atomic E-state index is 11.0. The highest BCUT2D eigenvalue weighted by Gasteiger charge is 2.33. The smallest absolute Gasteiger partial charge is 0.137 e. The van der Waals surface area contributed by atoms with Gasteiger partial charge in [-0.05, 0) is 54.1 Å². The van der Waals surface area contributed by atoms with E-state index in [-0.39, 0.29) is 5.92 Å². The number of hydrogen-bond acceptors (Lipinski definition) is 3. The Hall–Kier alpha value is -6.82. The molecular formula is C45H28N4O. The fourth-order valence-corrected chi connectivity index (χ4v) is 8.39. The monoisotopic (exact) mass is 640 g/mol. The maximum absolute atomic E-state index is 11.0. The molecule has 0 bridgehead atoms. The molecule has 9 aromatic rings. The average Bonchev–Trinajstić information content (AvgIpc) is 3.82. The molecule has 1 aliphatic rings. The van der Waals surface area contributed by atoms with Crippen LogP contribution >= 0.6 is 0 Å². The number of rotatable bonds is 3. The van der Waals surface area contributed by atoms with Crippen LogP contribution in [0.3, 0.4) is 0 Å². The standard InChI is InChI=1S/C45H28N4O/c1-27-36(26-47)29(33-16-10-11-28(25-46)44(33)49-38-17-6-2-12-30(38)31-13-3-7-18-39(31)49)21-23-37(27)48-40-19-8-4-14-32(40)34-22-24-42-43(45(34)48)35-15-5-9-20-41(35)50-42/h2-24,27,36H,1H3/t27-,36?/m0/s1. The van der Waals surface area contributed by atoms with E-state index in [9.17, 15) is 10.5 Å². The lowest BCUT2D eigenvalue weighted by Crippen LogP contribution is -2.21. The average molecular weight is 641 g/mol. The predicted octanol–water partition coefficient (Wildman–Crippen LogP) is 11.4. The van der Waals surface area contributed by atoms with Gasteiger partial charge in [0.15, 0.2) is 0 Å². The number of benzene rings is 6. The third-order valence-electron chi connectivity index (χ3n) is 10.6. The Morgan fingerprint density at radius 2 is 1.20 bits per heavy atom. The van der Waals surface area contributed by atoms with Gasteiger partial charge < -0.3 is 13.6 Å². The zero-order valence-corrected chi connectivity index (χ0v) is 27.1. The molecule has 2 atom stereocenters. The minimum atomic E-state index is -0.479. The van der Waals surface area contributed by atoms with Gasteiger partial charge in [0.25, 0.3) is 0 Å². The topological polar surface area (TPSA) is 70.6 Å². The zero-order chi connectivity index (χ0) is 33.5. The molecule has 3 aromatic heterocycles. The van der Waals surface area contributed by atoms with Crippen molar-refractivity contribution < 1.29 is 4.42 Å². The summed E-state index contributed by atoms with van der Waals surface area (Å²) in [4.78, 5) is 0. The first-order chi connectivity index (χ1) is 24.7. The number of furan rings is 1. The number of nitriles is 2. The second kappa shape index (κ2) is 10.6. The highest BCUT2D eigenvalue weighted by atomic mass is 16.3. The van der Waals surface area contributed by atoms with Crippen LogP contribution in [0, 0.1) is 34.5 Å². The van der Waals surface area contributed by atoms with Crippen molar-refractivity contribution in [1.29, 1.82) is 10.5 Å². The number of para-hydroxylation sites is 5. The van der Waals surface area contributed by atoms with Gasteiger partial charge in [-0.3, -0.25) is 0 Å². The van der Waals surface area contributed by atoms with Gasteiger partial charge in [0.05, 0.1) is 50.7 Å². The van der Waals surface area contributed by atoms with Gasteiger partial charge in [-0.25, -0.2) is 0 Å². The van der Waals surface area contributed by atoms with Crippen molar-refractivity contribution in [2.75, 3.05) is 0 Å². The molecule has 6 aromatic carbocycles. The van der Waals surface area contributed by atoms with E-state index in [4.69, 9.17) is 4.42 Å². The van der Waals surface area contributed by atoms with Crippen LogP contribution in [0.2, 0.25) is 0 Å². The largest absolute Gasteiger partial charge is 0.456 e. The van der Waals surface area contributed by atoms with Gasteiger partial charge >= 0.3 is 0 Å². The minimum Gasteiger partial charge on any atom is -0.456 e. The van der Waals surface area contributed by atoms with Crippen molar-refractivity contribution in [3.63, 3.8) is 0 Å². The molecule has 0 amide bonds. The Labute approximate surface area is 287 Å². The summed E-state index contributed by atoms with van der Waals surface area (Å²) in [6.45, 7) is 2.15. The number of allylic oxidation sites excluding steroid dienone is 4. The summed E-state index contributed by atoms with van der Waals surface area (Å²) >= 11 is 0. The third kappa shape index (κ3) is 3.75. The van der Waals surface area contributed by atoms with E-state index in [1.807, 2.05) is 48.5 Å². The van der Waals surface area contributed by atoms with Crippen molar-refractivity contribution in [3.8, 4) is 17.8 Å². The molecule has 1 aliphatic carbocycles. The molecule has 0 N–H and O–H groups in total. The number of nitrogens with zero attached hydrogens (tertiary/aromatic N) is 4. The molecule has 10 rings (SSSR count). The van der Waals surface area contributed by atoms with Gasteiger partial charge in [0.2, 0.25) is 0 Å². The minimum absolute atomic E-state index is 0.177. The van der Waals surface area contributed by atoms with E-state index >= 15 is 0 Å². The van der Waals surface area contributed by atoms with Crippen molar-refractivity contribution in [1.82, 2.24) is 9.13 Å². The molecule has 0 fully saturated rings. The van der Waals surface area contributed by atoms with Crippen LogP contribution in [0.4, 0.5) is 0 Å². The molecule has 0 radical (unpaired) electrons. The number of fused-ring (bicyclic) bond motifs is 10. The van der Waals surface area contributed by atoms with Crippen molar-refractivity contribution in [2.24, 2.45) is 11.8 Å². The highest BCUT2D eigenvalue weighted by Crippen LogP contribution is 2.47. The maximum Gasteiger partial charge on any atom is 0.137 e. The molecule has 0 aliphatic heterocycles. The van der Waals surface area contributed by atoms with Crippen LogP contribution in [0.5, 0.6) is 0 Å². The Morgan fingerprint density at radius 3 is 1.88 bits per heavy atom. The fraction of sp³-hybridized carbons (Fsp3) is 0.0667. The van der Waals surface area contributed by atoms with Crippen molar-refractivity contribution in [2.45, 2.75) is 6.92 Å². The SMILES string of the molecule is C[C@@H]1C(n2c3ccccc3c3ccc4oc5ccccc5c4c32)=CC=C(c2cccc(C#N)c2-n2c3ccccc3c3ccccc32)C1C#N. The molecule has 0 saturated carbocycles. The van der Waals surface area contributed by atoms with Gasteiger partial charge in [-0.2, -0.15) is 10.5 Å². The van der Waals surface area contributed by atoms with E-state index in [0.717, 1.165) is 88.1 Å². The summed E-state index contributed by atoms with van der Waals surface area (Å²) < 4.78 is 10.9. The van der Waals surface area contributed by atoms with Gasteiger partial charge in [0.1, 0.15) is 17.2 Å². The Bertz CT molecular complexity index is 2990. The van der Waals surface area contributed by atoms with E-state index in [2.05, 4.69) is 119 Å². The van der Waals surface area contributed by atoms with E-state index in [0.29, 0.717) is 5.56 Å². The van der Waals surface area contributed by atoms with Gasteiger partial charge in [0, 0.05) is 44.1 Å². The Kier molecular flexibility index (Phi) is 5.98. The first kappa shape index (κ1) is 28.2. The molecule has 234 valence electrons. The third-order valence-corrected chi connectivity index (χ3v) is 10.6. The normalized spacial score (nSPS) is 16.3. The molecule has 5 nitrogen and oxygen atoms in total. The van der Waals surface area contributed by atoms with Crippen LogP contribution in [0.25, 0.3) is 82.5 Å². The molecule has 0 spiro atoms. The van der Waals surface area contributed by atoms with Crippen LogP contribution in [-0.2, 0) is 0 Å². The van der Waals surface area contributed by atoms with E-state index in [1.54, 1.807) is 0 Å². The second-order valence-corrected chi connectivity index (χ2v) is 13.1. The summed E-state index contributed by atoms with van der Waals surface area (Å²) in [5, 5.41) is 28.2. The molecule has 0 saturated heterocycles. The predicted molar refractivity (Wildman–Crippen MR) is 203 cm³/mol. The molecule has 5 heteroatoms. The summed E-state index contributed by atoms with van der Waals surface area (Å²) in [6, 6.07) is 48.6. The van der Waals surface area contributed by atoms with Crippen LogP contribution in [0.1, 0.15) is 18.1 Å². The van der Waals surface area contributed by atoms with Crippen LogP contribution in [0.15, 0.2) is 144 Å².